The van der Waals surface area contributed by atoms with Crippen LogP contribution in [0.1, 0.15) is 13.8 Å². The third-order valence-corrected chi connectivity index (χ3v) is 3.31. The van der Waals surface area contributed by atoms with Crippen molar-refractivity contribution >= 4 is 15.7 Å². The van der Waals surface area contributed by atoms with Gasteiger partial charge in [-0.15, -0.1) is 0 Å². The van der Waals surface area contributed by atoms with Gasteiger partial charge in [-0.1, -0.05) is 0 Å². The molecule has 5 nitrogen and oxygen atoms in total. The van der Waals surface area contributed by atoms with Crippen LogP contribution in [0.25, 0.3) is 0 Å². The van der Waals surface area contributed by atoms with Crippen LogP contribution in [0.4, 0.5) is 0 Å². The van der Waals surface area contributed by atoms with Gasteiger partial charge in [0, 0.05) is 12.8 Å². The molecule has 80 valence electrons. The third-order valence-electron chi connectivity index (χ3n) is 1.81. The molecule has 0 heterocycles. The lowest BCUT2D eigenvalue weighted by atomic mass is 10.2. The van der Waals surface area contributed by atoms with E-state index in [-0.39, 0.29) is 12.5 Å². The minimum atomic E-state index is -3.35. The highest BCUT2D eigenvalue weighted by atomic mass is 32.2. The summed E-state index contributed by atoms with van der Waals surface area (Å²) in [5.41, 5.74) is 0. The van der Waals surface area contributed by atoms with Gasteiger partial charge in [-0.05, 0) is 13.8 Å². The van der Waals surface area contributed by atoms with Crippen molar-refractivity contribution in [3.05, 3.63) is 0 Å². The minimum Gasteiger partial charge on any atom is -0.354 e. The highest BCUT2D eigenvalue weighted by Crippen LogP contribution is 1.98. The molecule has 0 fully saturated rings. The maximum absolute atomic E-state index is 11.2. The summed E-state index contributed by atoms with van der Waals surface area (Å²) in [5, 5.41) is 9.76. The van der Waals surface area contributed by atoms with Crippen molar-refractivity contribution in [3.63, 3.8) is 0 Å². The monoisotopic (exact) mass is 218 g/mol. The molecule has 2 atom stereocenters. The van der Waals surface area contributed by atoms with E-state index in [0.717, 1.165) is 6.26 Å². The van der Waals surface area contributed by atoms with Crippen molar-refractivity contribution < 1.29 is 13.2 Å². The average Bonchev–Trinajstić information content (AvgIpc) is 2.10. The number of nitriles is 1. The lowest BCUT2D eigenvalue weighted by molar-refractivity contribution is -0.120. The first kappa shape index (κ1) is 12.9. The van der Waals surface area contributed by atoms with Gasteiger partial charge in [0.2, 0.25) is 5.91 Å². The number of nitrogens with one attached hydrogen (secondary N) is 1. The van der Waals surface area contributed by atoms with Crippen molar-refractivity contribution in [3.8, 4) is 6.07 Å². The Hall–Kier alpha value is -1.09. The first-order valence-corrected chi connectivity index (χ1v) is 6.10. The number of rotatable bonds is 4. The van der Waals surface area contributed by atoms with E-state index in [2.05, 4.69) is 5.32 Å². The van der Waals surface area contributed by atoms with E-state index in [4.69, 9.17) is 5.26 Å². The summed E-state index contributed by atoms with van der Waals surface area (Å²) in [4.78, 5) is 11.2. The number of amides is 1. The zero-order chi connectivity index (χ0) is 11.4. The predicted octanol–water partition coefficient (Wildman–Crippen LogP) is -0.305. The summed E-state index contributed by atoms with van der Waals surface area (Å²) >= 11 is 0. The molecule has 14 heavy (non-hydrogen) atoms. The van der Waals surface area contributed by atoms with Crippen LogP contribution in [0.2, 0.25) is 0 Å². The fourth-order valence-electron chi connectivity index (χ4n) is 0.637. The molecule has 0 radical (unpaired) electrons. The van der Waals surface area contributed by atoms with E-state index in [1.165, 1.54) is 6.92 Å². The Morgan fingerprint density at radius 2 is 2.00 bits per heavy atom. The largest absolute Gasteiger partial charge is 0.354 e. The Labute approximate surface area is 84.0 Å². The maximum atomic E-state index is 11.2. The first-order chi connectivity index (χ1) is 6.29. The molecule has 1 N–H and O–H groups in total. The van der Waals surface area contributed by atoms with Crippen LogP contribution in [0.3, 0.4) is 0 Å². The minimum absolute atomic E-state index is 0.176. The van der Waals surface area contributed by atoms with Crippen molar-refractivity contribution in [2.45, 2.75) is 19.1 Å². The molecule has 0 spiro atoms. The summed E-state index contributed by atoms with van der Waals surface area (Å²) < 4.78 is 21.9. The van der Waals surface area contributed by atoms with Crippen molar-refractivity contribution in [1.29, 1.82) is 5.26 Å². The molecule has 0 bridgehead atoms. The fourth-order valence-corrected chi connectivity index (χ4v) is 1.11. The molecule has 0 aromatic rings. The quantitative estimate of drug-likeness (QED) is 0.701. The standard InChI is InChI=1S/C8H14N2O3S/c1-6(4-9)5-10-8(11)7(2)14(3,12)13/h6-7H,5H2,1-3H3,(H,10,11). The number of carbonyl (C=O) groups excluding carboxylic acids is 1. The van der Waals surface area contributed by atoms with E-state index in [1.807, 2.05) is 6.07 Å². The number of hydrogen-bond acceptors (Lipinski definition) is 4. The van der Waals surface area contributed by atoms with Crippen molar-refractivity contribution in [2.75, 3.05) is 12.8 Å². The molecule has 2 unspecified atom stereocenters. The van der Waals surface area contributed by atoms with Gasteiger partial charge >= 0.3 is 0 Å². The molecule has 0 saturated heterocycles. The molecule has 0 saturated carbocycles. The zero-order valence-corrected chi connectivity index (χ0v) is 9.26. The summed E-state index contributed by atoms with van der Waals surface area (Å²) in [5.74, 6) is -0.875. The number of carbonyl (C=O) groups is 1. The van der Waals surface area contributed by atoms with E-state index < -0.39 is 21.0 Å². The van der Waals surface area contributed by atoms with Gasteiger partial charge in [0.1, 0.15) is 5.25 Å². The molecule has 0 aromatic carbocycles. The Morgan fingerprint density at radius 1 is 1.50 bits per heavy atom. The number of nitrogens with zero attached hydrogens (tertiary/aromatic N) is 1. The van der Waals surface area contributed by atoms with Gasteiger partial charge in [0.05, 0.1) is 12.0 Å². The lowest BCUT2D eigenvalue weighted by Gasteiger charge is -2.10. The van der Waals surface area contributed by atoms with E-state index >= 15 is 0 Å². The third kappa shape index (κ3) is 4.23. The first-order valence-electron chi connectivity index (χ1n) is 4.15. The van der Waals surface area contributed by atoms with Gasteiger partial charge < -0.3 is 5.32 Å². The molecule has 0 aliphatic carbocycles. The molecular formula is C8H14N2O3S. The van der Waals surface area contributed by atoms with Gasteiger partial charge in [-0.25, -0.2) is 8.42 Å². The predicted molar refractivity (Wildman–Crippen MR) is 52.1 cm³/mol. The van der Waals surface area contributed by atoms with E-state index in [1.54, 1.807) is 6.92 Å². The second kappa shape index (κ2) is 4.96. The van der Waals surface area contributed by atoms with Crippen LogP contribution in [0.5, 0.6) is 0 Å². The van der Waals surface area contributed by atoms with Gasteiger partial charge in [-0.2, -0.15) is 5.26 Å². The SMILES string of the molecule is CC(C#N)CNC(=O)C(C)S(C)(=O)=O. The maximum Gasteiger partial charge on any atom is 0.238 e. The highest BCUT2D eigenvalue weighted by molar-refractivity contribution is 7.92. The normalized spacial score (nSPS) is 15.3. The van der Waals surface area contributed by atoms with E-state index in [9.17, 15) is 13.2 Å². The summed E-state index contributed by atoms with van der Waals surface area (Å²) in [6, 6.07) is 1.93. The van der Waals surface area contributed by atoms with Gasteiger partial charge in [0.25, 0.3) is 0 Å². The molecule has 0 aliphatic rings. The molecule has 0 aliphatic heterocycles. The topological polar surface area (TPSA) is 87.0 Å². The molecular weight excluding hydrogens is 204 g/mol. The molecule has 6 heteroatoms. The average molecular weight is 218 g/mol. The number of sulfone groups is 1. The number of hydrogen-bond donors (Lipinski definition) is 1. The van der Waals surface area contributed by atoms with Gasteiger partial charge in [-0.3, -0.25) is 4.79 Å². The summed E-state index contributed by atoms with van der Waals surface area (Å²) in [7, 11) is -3.35. The second-order valence-corrected chi connectivity index (χ2v) is 5.61. The fraction of sp³-hybridized carbons (Fsp3) is 0.750. The molecule has 1 amide bonds. The Balaban J connectivity index is 4.19. The van der Waals surface area contributed by atoms with Crippen molar-refractivity contribution in [1.82, 2.24) is 5.32 Å². The van der Waals surface area contributed by atoms with Crippen LogP contribution >= 0.6 is 0 Å². The Bertz CT molecular complexity index is 342. The van der Waals surface area contributed by atoms with Crippen LogP contribution in [0.15, 0.2) is 0 Å². The van der Waals surface area contributed by atoms with Crippen LogP contribution in [-0.2, 0) is 14.6 Å². The summed E-state index contributed by atoms with van der Waals surface area (Å²) in [6.07, 6.45) is 1.00. The smallest absolute Gasteiger partial charge is 0.238 e. The van der Waals surface area contributed by atoms with Gasteiger partial charge in [0.15, 0.2) is 9.84 Å². The Kier molecular flexibility index (Phi) is 4.57. The zero-order valence-electron chi connectivity index (χ0n) is 8.44. The second-order valence-electron chi connectivity index (χ2n) is 3.25. The summed E-state index contributed by atoms with van der Waals surface area (Å²) in [6.45, 7) is 3.14. The molecule has 0 rings (SSSR count). The highest BCUT2D eigenvalue weighted by Gasteiger charge is 2.23. The van der Waals surface area contributed by atoms with E-state index in [0.29, 0.717) is 0 Å². The Morgan fingerprint density at radius 3 is 2.36 bits per heavy atom. The van der Waals surface area contributed by atoms with Crippen LogP contribution in [0, 0.1) is 17.2 Å². The molecule has 0 aromatic heterocycles. The van der Waals surface area contributed by atoms with Crippen LogP contribution < -0.4 is 5.32 Å². The van der Waals surface area contributed by atoms with Crippen LogP contribution in [-0.4, -0.2) is 32.4 Å². The lowest BCUT2D eigenvalue weighted by Crippen LogP contribution is -2.39. The van der Waals surface area contributed by atoms with Crippen molar-refractivity contribution in [2.24, 2.45) is 5.92 Å².